The van der Waals surface area contributed by atoms with Crippen molar-refractivity contribution in [3.8, 4) is 11.8 Å². The SMILES string of the molecule is CC#CCSCC(=C1NCCN1Cc1ccc(Cl)nc1)[N+](=O)[O-]. The molecule has 1 N–H and O–H groups in total. The second kappa shape index (κ2) is 8.65. The lowest BCUT2D eigenvalue weighted by molar-refractivity contribution is -0.425. The summed E-state index contributed by atoms with van der Waals surface area (Å²) in [7, 11) is 0. The number of aromatic nitrogens is 1. The number of pyridine rings is 1. The quantitative estimate of drug-likeness (QED) is 0.278. The summed E-state index contributed by atoms with van der Waals surface area (Å²) in [5, 5.41) is 15.0. The molecule has 6 nitrogen and oxygen atoms in total. The van der Waals surface area contributed by atoms with Crippen LogP contribution in [0.25, 0.3) is 0 Å². The zero-order chi connectivity index (χ0) is 16.7. The minimum atomic E-state index is -0.312. The lowest BCUT2D eigenvalue weighted by Gasteiger charge is -2.18. The summed E-state index contributed by atoms with van der Waals surface area (Å²) in [6.07, 6.45) is 1.69. The van der Waals surface area contributed by atoms with Crippen LogP contribution in [0.15, 0.2) is 29.8 Å². The van der Waals surface area contributed by atoms with Crippen molar-refractivity contribution in [3.05, 3.63) is 50.7 Å². The Kier molecular flexibility index (Phi) is 6.56. The molecule has 1 aromatic rings. The molecule has 0 aromatic carbocycles. The van der Waals surface area contributed by atoms with Crippen LogP contribution in [0.3, 0.4) is 0 Å². The van der Waals surface area contributed by atoms with Crippen molar-refractivity contribution in [2.45, 2.75) is 13.5 Å². The van der Waals surface area contributed by atoms with E-state index >= 15 is 0 Å². The summed E-state index contributed by atoms with van der Waals surface area (Å²) in [6, 6.07) is 3.60. The van der Waals surface area contributed by atoms with E-state index in [1.54, 1.807) is 19.2 Å². The molecule has 0 radical (unpaired) electrons. The van der Waals surface area contributed by atoms with Gasteiger partial charge in [0, 0.05) is 25.8 Å². The Balaban J connectivity index is 2.12. The molecule has 0 atom stereocenters. The van der Waals surface area contributed by atoms with E-state index < -0.39 is 0 Å². The lowest BCUT2D eigenvalue weighted by Crippen LogP contribution is -2.24. The smallest absolute Gasteiger partial charge is 0.295 e. The second-order valence-electron chi connectivity index (χ2n) is 4.81. The van der Waals surface area contributed by atoms with Crippen LogP contribution in [0.5, 0.6) is 0 Å². The van der Waals surface area contributed by atoms with E-state index in [0.717, 1.165) is 5.56 Å². The first kappa shape index (κ1) is 17.4. The highest BCUT2D eigenvalue weighted by Gasteiger charge is 2.27. The van der Waals surface area contributed by atoms with Crippen molar-refractivity contribution in [1.29, 1.82) is 0 Å². The minimum absolute atomic E-state index is 0.187. The third-order valence-corrected chi connectivity index (χ3v) is 4.29. The fraction of sp³-hybridized carbons (Fsp3) is 0.400. The van der Waals surface area contributed by atoms with Gasteiger partial charge in [-0.2, -0.15) is 0 Å². The number of thioether (sulfide) groups is 1. The molecule has 0 amide bonds. The minimum Gasteiger partial charge on any atom is -0.365 e. The van der Waals surface area contributed by atoms with E-state index in [-0.39, 0.29) is 10.6 Å². The van der Waals surface area contributed by atoms with Gasteiger partial charge < -0.3 is 10.2 Å². The van der Waals surface area contributed by atoms with Gasteiger partial charge in [-0.05, 0) is 18.6 Å². The number of nitro groups is 1. The Morgan fingerprint density at radius 3 is 3.09 bits per heavy atom. The molecule has 8 heteroatoms. The van der Waals surface area contributed by atoms with Crippen molar-refractivity contribution < 1.29 is 4.92 Å². The van der Waals surface area contributed by atoms with E-state index in [4.69, 9.17) is 11.6 Å². The first-order chi connectivity index (χ1) is 11.1. The standard InChI is InChI=1S/C15H17ClN4O2S/c1-2-3-8-23-11-13(20(21)22)15-17-6-7-19(15)10-12-4-5-14(16)18-9-12/h4-5,9,17H,6-8,10-11H2,1H3. The van der Waals surface area contributed by atoms with Crippen molar-refractivity contribution in [1.82, 2.24) is 15.2 Å². The molecule has 122 valence electrons. The third kappa shape index (κ3) is 5.05. The van der Waals surface area contributed by atoms with Gasteiger partial charge in [-0.15, -0.1) is 17.7 Å². The van der Waals surface area contributed by atoms with Crippen LogP contribution in [-0.4, -0.2) is 39.4 Å². The Bertz CT molecular complexity index is 652. The molecule has 2 heterocycles. The molecule has 0 bridgehead atoms. The fourth-order valence-electron chi connectivity index (χ4n) is 2.17. The molecule has 0 unspecified atom stereocenters. The predicted octanol–water partition coefficient (Wildman–Crippen LogP) is 2.34. The van der Waals surface area contributed by atoms with E-state index in [1.807, 2.05) is 11.0 Å². The second-order valence-corrected chi connectivity index (χ2v) is 6.18. The number of halogens is 1. The molecular weight excluding hydrogens is 336 g/mol. The number of nitrogens with zero attached hydrogens (tertiary/aromatic N) is 3. The van der Waals surface area contributed by atoms with E-state index in [1.165, 1.54) is 11.8 Å². The average Bonchev–Trinajstić information content (AvgIpc) is 2.97. The van der Waals surface area contributed by atoms with Crippen molar-refractivity contribution >= 4 is 23.4 Å². The number of nitrogens with one attached hydrogen (secondary N) is 1. The number of hydrogen-bond donors (Lipinski definition) is 1. The van der Waals surface area contributed by atoms with Crippen LogP contribution in [-0.2, 0) is 6.54 Å². The van der Waals surface area contributed by atoms with Crippen molar-refractivity contribution in [2.24, 2.45) is 0 Å². The molecule has 1 saturated heterocycles. The summed E-state index contributed by atoms with van der Waals surface area (Å²) in [4.78, 5) is 17.1. The van der Waals surface area contributed by atoms with Crippen LogP contribution in [0, 0.1) is 22.0 Å². The first-order valence-corrected chi connectivity index (χ1v) is 8.59. The van der Waals surface area contributed by atoms with Crippen molar-refractivity contribution in [3.63, 3.8) is 0 Å². The average molecular weight is 353 g/mol. The molecule has 2 rings (SSSR count). The zero-order valence-electron chi connectivity index (χ0n) is 12.7. The predicted molar refractivity (Wildman–Crippen MR) is 92.5 cm³/mol. The van der Waals surface area contributed by atoms with Gasteiger partial charge in [-0.25, -0.2) is 4.98 Å². The molecule has 1 fully saturated rings. The first-order valence-electron chi connectivity index (χ1n) is 7.06. The molecule has 1 aliphatic heterocycles. The highest BCUT2D eigenvalue weighted by Crippen LogP contribution is 2.20. The van der Waals surface area contributed by atoms with Gasteiger partial charge in [-0.3, -0.25) is 10.1 Å². The van der Waals surface area contributed by atoms with Crippen molar-refractivity contribution in [2.75, 3.05) is 24.6 Å². The normalized spacial score (nSPS) is 15.7. The van der Waals surface area contributed by atoms with E-state index in [2.05, 4.69) is 22.1 Å². The third-order valence-electron chi connectivity index (χ3n) is 3.24. The molecule has 0 saturated carbocycles. The van der Waals surface area contributed by atoms with E-state index in [0.29, 0.717) is 42.1 Å². The van der Waals surface area contributed by atoms with Crippen LogP contribution in [0.4, 0.5) is 0 Å². The van der Waals surface area contributed by atoms with Gasteiger partial charge >= 0.3 is 0 Å². The van der Waals surface area contributed by atoms with Crippen LogP contribution < -0.4 is 5.32 Å². The van der Waals surface area contributed by atoms with Crippen LogP contribution >= 0.6 is 23.4 Å². The Labute approximate surface area is 144 Å². The van der Waals surface area contributed by atoms with E-state index in [9.17, 15) is 10.1 Å². The van der Waals surface area contributed by atoms with Gasteiger partial charge in [0.15, 0.2) is 5.82 Å². The molecular formula is C15H17ClN4O2S. The number of rotatable bonds is 6. The maximum atomic E-state index is 11.4. The van der Waals surface area contributed by atoms with Crippen LogP contribution in [0.2, 0.25) is 5.15 Å². The molecule has 0 spiro atoms. The highest BCUT2D eigenvalue weighted by molar-refractivity contribution is 7.99. The topological polar surface area (TPSA) is 71.3 Å². The molecule has 23 heavy (non-hydrogen) atoms. The van der Waals surface area contributed by atoms with Gasteiger partial charge in [0.2, 0.25) is 0 Å². The zero-order valence-corrected chi connectivity index (χ0v) is 14.3. The summed E-state index contributed by atoms with van der Waals surface area (Å²) in [5.41, 5.74) is 1.15. The van der Waals surface area contributed by atoms with Crippen LogP contribution in [0.1, 0.15) is 12.5 Å². The number of hydrogen-bond acceptors (Lipinski definition) is 6. The summed E-state index contributed by atoms with van der Waals surface area (Å²) in [5.74, 6) is 7.18. The maximum absolute atomic E-state index is 11.4. The summed E-state index contributed by atoms with van der Waals surface area (Å²) in [6.45, 7) is 3.72. The highest BCUT2D eigenvalue weighted by atomic mass is 35.5. The van der Waals surface area contributed by atoms with Gasteiger partial charge in [0.05, 0.1) is 16.4 Å². The van der Waals surface area contributed by atoms with Gasteiger partial charge in [0.25, 0.3) is 5.70 Å². The summed E-state index contributed by atoms with van der Waals surface area (Å²) >= 11 is 7.22. The molecule has 0 aliphatic carbocycles. The summed E-state index contributed by atoms with van der Waals surface area (Å²) < 4.78 is 0. The van der Waals surface area contributed by atoms with Gasteiger partial charge in [0.1, 0.15) is 5.15 Å². The Hall–Kier alpha value is -1.91. The molecule has 1 aliphatic rings. The monoisotopic (exact) mass is 352 g/mol. The largest absolute Gasteiger partial charge is 0.365 e. The fourth-order valence-corrected chi connectivity index (χ4v) is 3.07. The molecule has 1 aromatic heterocycles. The van der Waals surface area contributed by atoms with Gasteiger partial charge in [-0.1, -0.05) is 23.6 Å². The lowest BCUT2D eigenvalue weighted by atomic mass is 10.2. The maximum Gasteiger partial charge on any atom is 0.295 e. The Morgan fingerprint density at radius 2 is 2.43 bits per heavy atom. The Morgan fingerprint density at radius 1 is 1.61 bits per heavy atom.